The molecule has 108 valence electrons. The zero-order valence-electron chi connectivity index (χ0n) is 12.8. The van der Waals surface area contributed by atoms with Crippen LogP contribution in [0.1, 0.15) is 59.3 Å². The highest BCUT2D eigenvalue weighted by molar-refractivity contribution is 5.70. The van der Waals surface area contributed by atoms with Gasteiger partial charge in [0.25, 0.3) is 0 Å². The summed E-state index contributed by atoms with van der Waals surface area (Å²) in [5.41, 5.74) is 0.358. The molecule has 0 saturated carbocycles. The topological polar surface area (TPSA) is 40.5 Å². The van der Waals surface area contributed by atoms with Crippen LogP contribution in [0.4, 0.5) is 0 Å². The number of hydrogen-bond acceptors (Lipinski definition) is 2. The average Bonchev–Trinajstić information content (AvgIpc) is 2.24. The third kappa shape index (κ3) is 8.51. The zero-order valence-corrected chi connectivity index (χ0v) is 12.8. The first kappa shape index (κ1) is 17.4. The Kier molecular flexibility index (Phi) is 8.25. The van der Waals surface area contributed by atoms with Crippen molar-refractivity contribution in [3.63, 3.8) is 0 Å². The highest BCUT2D eigenvalue weighted by Gasteiger charge is 2.21. The molecular formula is C15H31NO2. The summed E-state index contributed by atoms with van der Waals surface area (Å²) in [5, 5.41) is 9.17. The van der Waals surface area contributed by atoms with Crippen LogP contribution < -0.4 is 0 Å². The Morgan fingerprint density at radius 1 is 1.22 bits per heavy atom. The maximum absolute atomic E-state index is 11.1. The lowest BCUT2D eigenvalue weighted by Gasteiger charge is -2.25. The molecule has 0 radical (unpaired) electrons. The number of unbranched alkanes of at least 4 members (excludes halogenated alkanes) is 1. The van der Waals surface area contributed by atoms with Crippen molar-refractivity contribution in [3.05, 3.63) is 0 Å². The third-order valence-electron chi connectivity index (χ3n) is 3.55. The summed E-state index contributed by atoms with van der Waals surface area (Å²) in [4.78, 5) is 13.1. The monoisotopic (exact) mass is 257 g/mol. The molecule has 0 saturated heterocycles. The van der Waals surface area contributed by atoms with Crippen LogP contribution in [0.25, 0.3) is 0 Å². The van der Waals surface area contributed by atoms with Crippen LogP contribution in [0, 0.1) is 11.3 Å². The first-order valence-electron chi connectivity index (χ1n) is 7.16. The van der Waals surface area contributed by atoms with Gasteiger partial charge in [-0.25, -0.2) is 0 Å². The lowest BCUT2D eigenvalue weighted by atomic mass is 9.81. The van der Waals surface area contributed by atoms with Crippen molar-refractivity contribution in [3.8, 4) is 0 Å². The summed E-state index contributed by atoms with van der Waals surface area (Å²) in [7, 11) is 3.86. The molecule has 0 aromatic carbocycles. The molecule has 0 heterocycles. The van der Waals surface area contributed by atoms with Gasteiger partial charge in [-0.1, -0.05) is 40.0 Å². The fourth-order valence-corrected chi connectivity index (χ4v) is 2.34. The predicted octanol–water partition coefficient (Wildman–Crippen LogP) is 3.64. The number of rotatable bonds is 10. The second kappa shape index (κ2) is 8.52. The lowest BCUT2D eigenvalue weighted by Crippen LogP contribution is -2.28. The van der Waals surface area contributed by atoms with Crippen molar-refractivity contribution in [1.82, 2.24) is 4.90 Å². The first-order chi connectivity index (χ1) is 8.28. The Balaban J connectivity index is 4.01. The minimum atomic E-state index is -0.657. The number of carboxylic acid groups (broad SMARTS) is 1. The molecule has 0 aromatic rings. The van der Waals surface area contributed by atoms with Crippen LogP contribution in [0.2, 0.25) is 0 Å². The second-order valence-electron chi connectivity index (χ2n) is 6.46. The van der Waals surface area contributed by atoms with Gasteiger partial charge in [0.05, 0.1) is 5.92 Å². The van der Waals surface area contributed by atoms with Crippen LogP contribution >= 0.6 is 0 Å². The molecule has 0 amide bonds. The van der Waals surface area contributed by atoms with Gasteiger partial charge >= 0.3 is 5.97 Å². The summed E-state index contributed by atoms with van der Waals surface area (Å²) >= 11 is 0. The van der Waals surface area contributed by atoms with Gasteiger partial charge in [-0.15, -0.1) is 0 Å². The molecule has 0 aromatic heterocycles. The number of carboxylic acids is 1. The maximum Gasteiger partial charge on any atom is 0.307 e. The van der Waals surface area contributed by atoms with Crippen molar-refractivity contribution >= 4 is 5.97 Å². The van der Waals surface area contributed by atoms with Crippen LogP contribution in [-0.4, -0.2) is 36.6 Å². The van der Waals surface area contributed by atoms with E-state index in [1.54, 1.807) is 0 Å². The Bertz CT molecular complexity index is 237. The molecule has 0 rings (SSSR count). The van der Waals surface area contributed by atoms with Gasteiger partial charge in [-0.3, -0.25) is 4.79 Å². The largest absolute Gasteiger partial charge is 0.481 e. The molecule has 1 atom stereocenters. The van der Waals surface area contributed by atoms with Crippen molar-refractivity contribution in [2.75, 3.05) is 20.6 Å². The fraction of sp³-hybridized carbons (Fsp3) is 0.933. The van der Waals surface area contributed by atoms with Gasteiger partial charge < -0.3 is 10.0 Å². The highest BCUT2D eigenvalue weighted by Crippen LogP contribution is 2.30. The molecule has 1 unspecified atom stereocenters. The molecule has 0 spiro atoms. The number of hydrogen-bond donors (Lipinski definition) is 1. The fourth-order valence-electron chi connectivity index (χ4n) is 2.34. The SMILES string of the molecule is CCCCC(C)(C)CCCC(CN(C)C)C(=O)O. The van der Waals surface area contributed by atoms with E-state index in [1.165, 1.54) is 19.3 Å². The van der Waals surface area contributed by atoms with Gasteiger partial charge in [0.1, 0.15) is 0 Å². The summed E-state index contributed by atoms with van der Waals surface area (Å²) in [6, 6.07) is 0. The van der Waals surface area contributed by atoms with Crippen LogP contribution in [-0.2, 0) is 4.79 Å². The van der Waals surface area contributed by atoms with Gasteiger partial charge in [0.2, 0.25) is 0 Å². The molecule has 0 fully saturated rings. The Hall–Kier alpha value is -0.570. The van der Waals surface area contributed by atoms with Crippen LogP contribution in [0.5, 0.6) is 0 Å². The van der Waals surface area contributed by atoms with Crippen LogP contribution in [0.15, 0.2) is 0 Å². The molecular weight excluding hydrogens is 226 g/mol. The Morgan fingerprint density at radius 3 is 2.22 bits per heavy atom. The van der Waals surface area contributed by atoms with E-state index in [4.69, 9.17) is 5.11 Å². The molecule has 3 nitrogen and oxygen atoms in total. The van der Waals surface area contributed by atoms with Crippen molar-refractivity contribution in [2.45, 2.75) is 59.3 Å². The Morgan fingerprint density at radius 2 is 1.78 bits per heavy atom. The zero-order chi connectivity index (χ0) is 14.2. The second-order valence-corrected chi connectivity index (χ2v) is 6.46. The van der Waals surface area contributed by atoms with Gasteiger partial charge in [-0.2, -0.15) is 0 Å². The number of nitrogens with zero attached hydrogens (tertiary/aromatic N) is 1. The highest BCUT2D eigenvalue weighted by atomic mass is 16.4. The molecule has 0 bridgehead atoms. The third-order valence-corrected chi connectivity index (χ3v) is 3.55. The summed E-state index contributed by atoms with van der Waals surface area (Å²) < 4.78 is 0. The van der Waals surface area contributed by atoms with Gasteiger partial charge in [0, 0.05) is 6.54 Å². The van der Waals surface area contributed by atoms with E-state index in [0.717, 1.165) is 19.3 Å². The molecule has 0 aliphatic carbocycles. The van der Waals surface area contributed by atoms with E-state index >= 15 is 0 Å². The Labute approximate surface area is 113 Å². The molecule has 0 aliphatic rings. The standard InChI is InChI=1S/C15H31NO2/c1-6-7-10-15(2,3)11-8-9-13(14(17)18)12-16(4)5/h13H,6-12H2,1-5H3,(H,17,18). The van der Waals surface area contributed by atoms with Crippen molar-refractivity contribution < 1.29 is 9.90 Å². The van der Waals surface area contributed by atoms with Gasteiger partial charge in [0.15, 0.2) is 0 Å². The molecule has 1 N–H and O–H groups in total. The van der Waals surface area contributed by atoms with Crippen LogP contribution in [0.3, 0.4) is 0 Å². The molecule has 18 heavy (non-hydrogen) atoms. The van der Waals surface area contributed by atoms with Crippen molar-refractivity contribution in [1.29, 1.82) is 0 Å². The summed E-state index contributed by atoms with van der Waals surface area (Å²) in [6.45, 7) is 7.45. The number of carbonyl (C=O) groups is 1. The van der Waals surface area contributed by atoms with E-state index < -0.39 is 5.97 Å². The first-order valence-corrected chi connectivity index (χ1v) is 7.16. The molecule has 0 aliphatic heterocycles. The smallest absolute Gasteiger partial charge is 0.307 e. The van der Waals surface area contributed by atoms with E-state index in [-0.39, 0.29) is 5.92 Å². The minimum absolute atomic E-state index is 0.220. The summed E-state index contributed by atoms with van der Waals surface area (Å²) in [5.74, 6) is -0.878. The number of aliphatic carboxylic acids is 1. The van der Waals surface area contributed by atoms with E-state index in [2.05, 4.69) is 20.8 Å². The maximum atomic E-state index is 11.1. The van der Waals surface area contributed by atoms with Crippen molar-refractivity contribution in [2.24, 2.45) is 11.3 Å². The summed E-state index contributed by atoms with van der Waals surface area (Å²) in [6.07, 6.45) is 6.69. The normalized spacial score (nSPS) is 13.9. The van der Waals surface area contributed by atoms with E-state index in [1.807, 2.05) is 19.0 Å². The van der Waals surface area contributed by atoms with Gasteiger partial charge in [-0.05, 0) is 38.8 Å². The van der Waals surface area contributed by atoms with E-state index in [9.17, 15) is 4.79 Å². The van der Waals surface area contributed by atoms with E-state index in [0.29, 0.717) is 12.0 Å². The average molecular weight is 257 g/mol. The lowest BCUT2D eigenvalue weighted by molar-refractivity contribution is -0.142. The quantitative estimate of drug-likeness (QED) is 0.649. The molecule has 3 heteroatoms. The predicted molar refractivity (Wildman–Crippen MR) is 76.8 cm³/mol. The minimum Gasteiger partial charge on any atom is -0.481 e.